The summed E-state index contributed by atoms with van der Waals surface area (Å²) < 4.78 is 0. The molecule has 0 amide bonds. The highest BCUT2D eigenvalue weighted by molar-refractivity contribution is 6.28. The minimum absolute atomic E-state index is 1.11. The average Bonchev–Trinajstić information content (AvgIpc) is 3.41. The van der Waals surface area contributed by atoms with Gasteiger partial charge in [-0.2, -0.15) is 0 Å². The summed E-state index contributed by atoms with van der Waals surface area (Å²) in [5.41, 5.74) is 26.2. The van der Waals surface area contributed by atoms with Crippen LogP contribution in [0.2, 0.25) is 0 Å². The average molecular weight is 953 g/mol. The van der Waals surface area contributed by atoms with E-state index in [4.69, 9.17) is 0 Å². The molecule has 0 aliphatic carbocycles. The second-order valence-electron chi connectivity index (χ2n) is 20.9. The summed E-state index contributed by atoms with van der Waals surface area (Å²) in [6.45, 7) is 17.6. The molecule has 0 saturated carbocycles. The van der Waals surface area contributed by atoms with Gasteiger partial charge < -0.3 is 9.80 Å². The molecule has 0 aliphatic heterocycles. The van der Waals surface area contributed by atoms with Crippen LogP contribution in [-0.4, -0.2) is 0 Å². The predicted octanol–water partition coefficient (Wildman–Crippen LogP) is 20.7. The zero-order valence-electron chi connectivity index (χ0n) is 43.7. The van der Waals surface area contributed by atoms with Crippen molar-refractivity contribution in [3.05, 3.63) is 263 Å². The van der Waals surface area contributed by atoms with Crippen LogP contribution in [0, 0.1) is 55.4 Å². The Hall–Kier alpha value is -8.72. The van der Waals surface area contributed by atoms with Gasteiger partial charge in [0.05, 0.1) is 11.4 Å². The fourth-order valence-corrected chi connectivity index (χ4v) is 11.5. The van der Waals surface area contributed by atoms with E-state index in [0.29, 0.717) is 0 Å². The molecule has 0 aromatic heterocycles. The standard InChI is InChI=1S/C72H60N2/c1-45-13-9-17-55(35-45)59-39-60(56-18-10-14-46(2)36-56)42-63(41-59)73(67-29-21-49(5)33-51(67)7)69-31-25-53-24-28-66-70(32-26-54-23-27-65(69)71(53)72(54)66)74(68-30-22-50(6)34-52(68)8)64-43-61(57-19-11-15-47(3)37-57)40-62(44-64)58-20-12-16-48(4)38-58/h9-44H,1-8H3. The number of aryl methyl sites for hydroxylation is 8. The van der Waals surface area contributed by atoms with Gasteiger partial charge in [-0.05, 0) is 193 Å². The highest BCUT2D eigenvalue weighted by Gasteiger charge is 2.25. The number of hydrogen-bond donors (Lipinski definition) is 0. The molecule has 12 aromatic rings. The van der Waals surface area contributed by atoms with Crippen LogP contribution in [0.5, 0.6) is 0 Å². The van der Waals surface area contributed by atoms with Crippen molar-refractivity contribution in [1.29, 1.82) is 0 Å². The summed E-state index contributed by atoms with van der Waals surface area (Å²) >= 11 is 0. The molecular formula is C72H60N2. The molecule has 12 aromatic carbocycles. The number of benzene rings is 12. The Morgan fingerprint density at radius 1 is 0.230 bits per heavy atom. The third kappa shape index (κ3) is 8.57. The van der Waals surface area contributed by atoms with Gasteiger partial charge in [-0.3, -0.25) is 0 Å². The van der Waals surface area contributed by atoms with E-state index < -0.39 is 0 Å². The van der Waals surface area contributed by atoms with Gasteiger partial charge in [0.25, 0.3) is 0 Å². The fourth-order valence-electron chi connectivity index (χ4n) is 11.5. The lowest BCUT2D eigenvalue weighted by molar-refractivity contribution is 1.25. The van der Waals surface area contributed by atoms with Crippen molar-refractivity contribution in [2.45, 2.75) is 55.4 Å². The summed E-state index contributed by atoms with van der Waals surface area (Å²) in [5, 5.41) is 7.37. The van der Waals surface area contributed by atoms with Crippen LogP contribution in [0.3, 0.4) is 0 Å². The first-order valence-corrected chi connectivity index (χ1v) is 26.0. The largest absolute Gasteiger partial charge is 0.310 e. The third-order valence-electron chi connectivity index (χ3n) is 15.0. The van der Waals surface area contributed by atoms with Gasteiger partial charge in [-0.15, -0.1) is 0 Å². The molecule has 0 N–H and O–H groups in total. The first-order valence-electron chi connectivity index (χ1n) is 26.0. The van der Waals surface area contributed by atoms with Gasteiger partial charge in [-0.1, -0.05) is 191 Å². The summed E-state index contributed by atoms with van der Waals surface area (Å²) in [7, 11) is 0. The molecule has 12 rings (SSSR count). The Morgan fingerprint density at radius 2 is 0.527 bits per heavy atom. The minimum atomic E-state index is 1.11. The summed E-state index contributed by atoms with van der Waals surface area (Å²) in [5.74, 6) is 0. The van der Waals surface area contributed by atoms with Crippen LogP contribution < -0.4 is 9.80 Å². The summed E-state index contributed by atoms with van der Waals surface area (Å²) in [4.78, 5) is 5.04. The van der Waals surface area contributed by atoms with Crippen molar-refractivity contribution in [3.8, 4) is 44.5 Å². The van der Waals surface area contributed by atoms with E-state index in [2.05, 4.69) is 284 Å². The second kappa shape index (κ2) is 18.7. The number of anilines is 6. The van der Waals surface area contributed by atoms with Crippen LogP contribution in [0.15, 0.2) is 218 Å². The molecule has 2 nitrogen and oxygen atoms in total. The van der Waals surface area contributed by atoms with Crippen LogP contribution >= 0.6 is 0 Å². The van der Waals surface area contributed by atoms with Crippen LogP contribution in [0.1, 0.15) is 44.5 Å². The maximum absolute atomic E-state index is 2.52. The highest BCUT2D eigenvalue weighted by Crippen LogP contribution is 2.50. The van der Waals surface area contributed by atoms with E-state index in [1.54, 1.807) is 0 Å². The normalized spacial score (nSPS) is 11.5. The van der Waals surface area contributed by atoms with E-state index in [9.17, 15) is 0 Å². The Morgan fingerprint density at radius 3 is 0.838 bits per heavy atom. The smallest absolute Gasteiger partial charge is 0.0540 e. The molecule has 74 heavy (non-hydrogen) atoms. The van der Waals surface area contributed by atoms with Gasteiger partial charge >= 0.3 is 0 Å². The maximum atomic E-state index is 2.52. The summed E-state index contributed by atoms with van der Waals surface area (Å²) in [6.07, 6.45) is 0. The predicted molar refractivity (Wildman–Crippen MR) is 319 cm³/mol. The van der Waals surface area contributed by atoms with Crippen molar-refractivity contribution >= 4 is 66.4 Å². The summed E-state index contributed by atoms with van der Waals surface area (Å²) in [6, 6.07) is 82.4. The Labute approximate surface area is 436 Å². The van der Waals surface area contributed by atoms with Gasteiger partial charge in [0.2, 0.25) is 0 Å². The lowest BCUT2D eigenvalue weighted by Gasteiger charge is -2.31. The molecule has 0 saturated heterocycles. The number of rotatable bonds is 10. The SMILES string of the molecule is Cc1cccc(-c2cc(-c3cccc(C)c3)cc(N(c3ccc(C)cc3C)c3ccc4ccc5c(N(c6cc(-c7cccc(C)c7)cc(-c7cccc(C)c7)c6)c6ccc(C)cc6C)ccc6ccc3c4c65)c2)c1. The van der Waals surface area contributed by atoms with Crippen LogP contribution in [0.4, 0.5) is 34.1 Å². The Kier molecular flexibility index (Phi) is 11.7. The molecule has 0 unspecified atom stereocenters. The van der Waals surface area contributed by atoms with Gasteiger partial charge in [-0.25, -0.2) is 0 Å². The van der Waals surface area contributed by atoms with E-state index in [0.717, 1.165) is 34.1 Å². The van der Waals surface area contributed by atoms with E-state index in [1.807, 2.05) is 0 Å². The third-order valence-corrected chi connectivity index (χ3v) is 15.0. The van der Waals surface area contributed by atoms with E-state index in [-0.39, 0.29) is 0 Å². The first kappa shape index (κ1) is 46.4. The molecular weight excluding hydrogens is 893 g/mol. The first-order chi connectivity index (χ1) is 35.9. The zero-order chi connectivity index (χ0) is 50.8. The Bertz CT molecular complexity index is 3740. The molecule has 0 atom stereocenters. The van der Waals surface area contributed by atoms with Crippen molar-refractivity contribution in [2.75, 3.05) is 9.80 Å². The molecule has 2 heteroatoms. The van der Waals surface area contributed by atoms with Crippen molar-refractivity contribution in [1.82, 2.24) is 0 Å². The highest BCUT2D eigenvalue weighted by atomic mass is 15.2. The lowest BCUT2D eigenvalue weighted by atomic mass is 9.91. The molecule has 0 bridgehead atoms. The van der Waals surface area contributed by atoms with Crippen LogP contribution in [0.25, 0.3) is 76.8 Å². The van der Waals surface area contributed by atoms with Crippen molar-refractivity contribution in [3.63, 3.8) is 0 Å². The molecule has 0 spiro atoms. The van der Waals surface area contributed by atoms with Gasteiger partial charge in [0, 0.05) is 33.5 Å². The Balaban J connectivity index is 1.12. The maximum Gasteiger partial charge on any atom is 0.0540 e. The number of hydrogen-bond acceptors (Lipinski definition) is 2. The molecule has 0 radical (unpaired) electrons. The van der Waals surface area contributed by atoms with Crippen molar-refractivity contribution in [2.24, 2.45) is 0 Å². The van der Waals surface area contributed by atoms with Gasteiger partial charge in [0.15, 0.2) is 0 Å². The topological polar surface area (TPSA) is 6.48 Å². The molecule has 0 fully saturated rings. The molecule has 0 heterocycles. The fraction of sp³-hybridized carbons (Fsp3) is 0.111. The van der Waals surface area contributed by atoms with E-state index in [1.165, 1.54) is 121 Å². The second-order valence-corrected chi connectivity index (χ2v) is 20.9. The monoisotopic (exact) mass is 952 g/mol. The lowest BCUT2D eigenvalue weighted by Crippen LogP contribution is -2.13. The quantitative estimate of drug-likeness (QED) is 0.126. The van der Waals surface area contributed by atoms with Gasteiger partial charge in [0.1, 0.15) is 0 Å². The van der Waals surface area contributed by atoms with Crippen LogP contribution in [-0.2, 0) is 0 Å². The zero-order valence-corrected chi connectivity index (χ0v) is 43.7. The minimum Gasteiger partial charge on any atom is -0.310 e. The van der Waals surface area contributed by atoms with E-state index >= 15 is 0 Å². The molecule has 0 aliphatic rings. The number of nitrogens with zero attached hydrogens (tertiary/aromatic N) is 2. The molecule has 358 valence electrons. The van der Waals surface area contributed by atoms with Crippen molar-refractivity contribution < 1.29 is 0 Å².